The Bertz CT molecular complexity index is 461. The summed E-state index contributed by atoms with van der Waals surface area (Å²) in [6, 6.07) is 4.98. The number of hydrogen-bond acceptors (Lipinski definition) is 4. The molecule has 6 heteroatoms. The van der Waals surface area contributed by atoms with E-state index in [2.05, 4.69) is 5.32 Å². The number of nitrogens with zero attached hydrogens (tertiary/aromatic N) is 1. The molecule has 2 rings (SSSR count). The van der Waals surface area contributed by atoms with Gasteiger partial charge in [0, 0.05) is 13.1 Å². The second-order valence-corrected chi connectivity index (χ2v) is 5.16. The fourth-order valence-electron chi connectivity index (χ4n) is 2.29. The first-order chi connectivity index (χ1) is 9.65. The number of rotatable bonds is 4. The Balaban J connectivity index is 2.24. The van der Waals surface area contributed by atoms with Gasteiger partial charge in [0.05, 0.1) is 29.6 Å². The number of morpholine rings is 1. The smallest absolute Gasteiger partial charge is 0.245 e. The van der Waals surface area contributed by atoms with Crippen molar-refractivity contribution in [2.75, 3.05) is 36.9 Å². The third-order valence-corrected chi connectivity index (χ3v) is 3.59. The molecular formula is C14H20ClN3O2. The van der Waals surface area contributed by atoms with E-state index in [4.69, 9.17) is 22.1 Å². The highest BCUT2D eigenvalue weighted by Crippen LogP contribution is 2.34. The quantitative estimate of drug-likeness (QED) is 0.829. The number of halogens is 1. The number of amides is 1. The van der Waals surface area contributed by atoms with E-state index in [1.165, 1.54) is 0 Å². The third kappa shape index (κ3) is 3.16. The van der Waals surface area contributed by atoms with Crippen molar-refractivity contribution in [1.29, 1.82) is 0 Å². The van der Waals surface area contributed by atoms with E-state index in [0.29, 0.717) is 42.7 Å². The second kappa shape index (κ2) is 6.81. The number of nitrogens with two attached hydrogens (primary N) is 1. The minimum Gasteiger partial charge on any atom is -0.397 e. The van der Waals surface area contributed by atoms with Crippen molar-refractivity contribution in [2.45, 2.75) is 19.4 Å². The normalized spacial score (nSPS) is 18.9. The molecule has 0 bridgehead atoms. The van der Waals surface area contributed by atoms with E-state index in [-0.39, 0.29) is 5.91 Å². The maximum absolute atomic E-state index is 12.2. The van der Waals surface area contributed by atoms with Crippen LogP contribution < -0.4 is 16.0 Å². The van der Waals surface area contributed by atoms with Gasteiger partial charge in [-0.2, -0.15) is 0 Å². The zero-order chi connectivity index (χ0) is 14.5. The predicted molar refractivity (Wildman–Crippen MR) is 81.1 cm³/mol. The lowest BCUT2D eigenvalue weighted by atomic mass is 10.1. The Morgan fingerprint density at radius 1 is 1.60 bits per heavy atom. The van der Waals surface area contributed by atoms with Crippen LogP contribution in [-0.2, 0) is 9.53 Å². The van der Waals surface area contributed by atoms with Gasteiger partial charge in [0.25, 0.3) is 0 Å². The number of benzene rings is 1. The average Bonchev–Trinajstić information content (AvgIpc) is 2.45. The van der Waals surface area contributed by atoms with E-state index >= 15 is 0 Å². The molecule has 0 spiro atoms. The maximum atomic E-state index is 12.2. The summed E-state index contributed by atoms with van der Waals surface area (Å²) in [7, 11) is 0. The number of nitrogens with one attached hydrogen (secondary N) is 1. The molecule has 1 aromatic rings. The van der Waals surface area contributed by atoms with Crippen molar-refractivity contribution in [3.63, 3.8) is 0 Å². The summed E-state index contributed by atoms with van der Waals surface area (Å²) in [6.45, 7) is 4.17. The van der Waals surface area contributed by atoms with Gasteiger partial charge in [-0.25, -0.2) is 0 Å². The maximum Gasteiger partial charge on any atom is 0.245 e. The summed E-state index contributed by atoms with van der Waals surface area (Å²) in [5, 5.41) is 3.45. The molecule has 1 amide bonds. The molecule has 1 fully saturated rings. The highest BCUT2D eigenvalue weighted by molar-refractivity contribution is 6.34. The minimum absolute atomic E-state index is 0.0501. The number of hydrogen-bond donors (Lipinski definition) is 2. The van der Waals surface area contributed by atoms with E-state index in [0.717, 1.165) is 6.42 Å². The molecule has 5 nitrogen and oxygen atoms in total. The van der Waals surface area contributed by atoms with Crippen molar-refractivity contribution in [3.05, 3.63) is 23.2 Å². The molecular weight excluding hydrogens is 278 g/mol. The number of para-hydroxylation sites is 1. The molecule has 0 aliphatic carbocycles. The second-order valence-electron chi connectivity index (χ2n) is 4.75. The summed E-state index contributed by atoms with van der Waals surface area (Å²) in [4.78, 5) is 14.2. The fourth-order valence-corrected chi connectivity index (χ4v) is 2.58. The van der Waals surface area contributed by atoms with Gasteiger partial charge in [-0.3, -0.25) is 4.79 Å². The molecule has 1 heterocycles. The Hall–Kier alpha value is -1.46. The molecule has 0 aromatic heterocycles. The van der Waals surface area contributed by atoms with Crippen LogP contribution >= 0.6 is 11.6 Å². The summed E-state index contributed by atoms with van der Waals surface area (Å²) < 4.78 is 5.43. The molecule has 1 saturated heterocycles. The number of ether oxygens (including phenoxy) is 1. The zero-order valence-electron chi connectivity index (χ0n) is 11.6. The lowest BCUT2D eigenvalue weighted by Gasteiger charge is -2.37. The molecule has 1 aromatic carbocycles. The zero-order valence-corrected chi connectivity index (χ0v) is 12.3. The predicted octanol–water partition coefficient (Wildman–Crippen LogP) is 1.65. The lowest BCUT2D eigenvalue weighted by Crippen LogP contribution is -2.54. The molecule has 20 heavy (non-hydrogen) atoms. The van der Waals surface area contributed by atoms with Crippen LogP contribution in [-0.4, -0.2) is 38.3 Å². The van der Waals surface area contributed by atoms with Crippen molar-refractivity contribution in [1.82, 2.24) is 5.32 Å². The van der Waals surface area contributed by atoms with E-state index < -0.39 is 6.04 Å². The first kappa shape index (κ1) is 14.9. The summed E-state index contributed by atoms with van der Waals surface area (Å²) in [5.74, 6) is -0.0501. The van der Waals surface area contributed by atoms with Gasteiger partial charge >= 0.3 is 0 Å². The SMILES string of the molecule is CCCNC(=O)C1COCCN1c1c(N)cccc1Cl. The standard InChI is InChI=1S/C14H20ClN3O2/c1-2-6-17-14(19)12-9-20-8-7-18(12)13-10(15)4-3-5-11(13)16/h3-5,12H,2,6-9,16H2,1H3,(H,17,19). The number of carbonyl (C=O) groups excluding carboxylic acids is 1. The molecule has 110 valence electrons. The minimum atomic E-state index is -0.391. The number of carbonyl (C=O) groups is 1. The first-order valence-electron chi connectivity index (χ1n) is 6.81. The van der Waals surface area contributed by atoms with Gasteiger partial charge in [0.1, 0.15) is 6.04 Å². The Morgan fingerprint density at radius 3 is 3.10 bits per heavy atom. The van der Waals surface area contributed by atoms with Gasteiger partial charge in [-0.15, -0.1) is 0 Å². The Labute approximate surface area is 124 Å². The van der Waals surface area contributed by atoms with Gasteiger partial charge in [-0.05, 0) is 18.6 Å². The first-order valence-corrected chi connectivity index (χ1v) is 7.19. The van der Waals surface area contributed by atoms with Crippen LogP contribution in [0.2, 0.25) is 5.02 Å². The molecule has 1 aliphatic rings. The lowest BCUT2D eigenvalue weighted by molar-refractivity contribution is -0.124. The van der Waals surface area contributed by atoms with Gasteiger partial charge in [0.2, 0.25) is 5.91 Å². The Morgan fingerprint density at radius 2 is 2.40 bits per heavy atom. The molecule has 1 aliphatic heterocycles. The van der Waals surface area contributed by atoms with Crippen molar-refractivity contribution >= 4 is 28.9 Å². The largest absolute Gasteiger partial charge is 0.397 e. The molecule has 0 saturated carbocycles. The van der Waals surface area contributed by atoms with E-state index in [1.54, 1.807) is 18.2 Å². The van der Waals surface area contributed by atoms with E-state index in [1.807, 2.05) is 11.8 Å². The van der Waals surface area contributed by atoms with Gasteiger partial charge < -0.3 is 20.7 Å². The topological polar surface area (TPSA) is 67.6 Å². The highest BCUT2D eigenvalue weighted by atomic mass is 35.5. The van der Waals surface area contributed by atoms with Crippen LogP contribution in [0.15, 0.2) is 18.2 Å². The van der Waals surface area contributed by atoms with Crippen LogP contribution in [0.3, 0.4) is 0 Å². The van der Waals surface area contributed by atoms with Crippen LogP contribution in [0.1, 0.15) is 13.3 Å². The van der Waals surface area contributed by atoms with Crippen molar-refractivity contribution in [2.24, 2.45) is 0 Å². The summed E-state index contributed by atoms with van der Waals surface area (Å²) in [6.07, 6.45) is 0.896. The highest BCUT2D eigenvalue weighted by Gasteiger charge is 2.31. The molecule has 0 radical (unpaired) electrons. The summed E-state index contributed by atoms with van der Waals surface area (Å²) in [5.41, 5.74) is 7.31. The molecule has 1 atom stereocenters. The molecule has 1 unspecified atom stereocenters. The van der Waals surface area contributed by atoms with Gasteiger partial charge in [-0.1, -0.05) is 24.6 Å². The van der Waals surface area contributed by atoms with Crippen LogP contribution in [0.5, 0.6) is 0 Å². The number of anilines is 2. The molecule has 3 N–H and O–H groups in total. The fraction of sp³-hybridized carbons (Fsp3) is 0.500. The van der Waals surface area contributed by atoms with Crippen LogP contribution in [0.25, 0.3) is 0 Å². The van der Waals surface area contributed by atoms with Gasteiger partial charge in [0.15, 0.2) is 0 Å². The monoisotopic (exact) mass is 297 g/mol. The van der Waals surface area contributed by atoms with E-state index in [9.17, 15) is 4.79 Å². The number of nitrogen functional groups attached to an aromatic ring is 1. The van der Waals surface area contributed by atoms with Crippen LogP contribution in [0.4, 0.5) is 11.4 Å². The average molecular weight is 298 g/mol. The Kier molecular flexibility index (Phi) is 5.09. The third-order valence-electron chi connectivity index (χ3n) is 3.29. The van der Waals surface area contributed by atoms with Crippen molar-refractivity contribution in [3.8, 4) is 0 Å². The van der Waals surface area contributed by atoms with Crippen LogP contribution in [0, 0.1) is 0 Å². The van der Waals surface area contributed by atoms with Crippen molar-refractivity contribution < 1.29 is 9.53 Å². The summed E-state index contributed by atoms with van der Waals surface area (Å²) >= 11 is 6.24.